The molecule has 4 amide bonds. The number of methoxy groups -OCH3 is 1. The summed E-state index contributed by atoms with van der Waals surface area (Å²) in [5.74, 6) is -2.81. The minimum atomic E-state index is -1.25. The molecule has 15 nitrogen and oxygen atoms in total. The molecule has 2 heterocycles. The molecule has 0 bridgehead atoms. The summed E-state index contributed by atoms with van der Waals surface area (Å²) >= 11 is 6.35. The summed E-state index contributed by atoms with van der Waals surface area (Å²) in [5, 5.41) is 11.1. The van der Waals surface area contributed by atoms with E-state index in [0.29, 0.717) is 16.3 Å². The second-order valence-corrected chi connectivity index (χ2v) is 17.6. The maximum absolute atomic E-state index is 13.8. The van der Waals surface area contributed by atoms with Gasteiger partial charge >= 0.3 is 18.0 Å². The molecular weight excluding hydrogens is 796 g/mol. The van der Waals surface area contributed by atoms with Crippen LogP contribution in [0, 0.1) is 17.3 Å². The molecule has 2 aromatic carbocycles. The van der Waals surface area contributed by atoms with Crippen molar-refractivity contribution in [3.63, 3.8) is 0 Å². The van der Waals surface area contributed by atoms with Crippen LogP contribution in [0.4, 0.5) is 4.79 Å². The normalized spacial score (nSPS) is 23.6. The Kier molecular flexibility index (Phi) is 16.5. The van der Waals surface area contributed by atoms with Gasteiger partial charge in [0.25, 0.3) is 0 Å². The number of benzene rings is 2. The third kappa shape index (κ3) is 14.5. The van der Waals surface area contributed by atoms with E-state index in [1.54, 1.807) is 58.9 Å². The van der Waals surface area contributed by atoms with E-state index >= 15 is 0 Å². The van der Waals surface area contributed by atoms with Crippen molar-refractivity contribution in [2.75, 3.05) is 20.2 Å². The van der Waals surface area contributed by atoms with Gasteiger partial charge in [-0.1, -0.05) is 68.8 Å². The summed E-state index contributed by atoms with van der Waals surface area (Å²) in [7, 11) is 1.49. The lowest BCUT2D eigenvalue weighted by atomic mass is 9.92. The topological polar surface area (TPSA) is 200 Å². The smallest absolute Gasteiger partial charge is 0.408 e. The van der Waals surface area contributed by atoms with Crippen molar-refractivity contribution < 1.29 is 52.5 Å². The summed E-state index contributed by atoms with van der Waals surface area (Å²) in [6.07, 6.45) is -0.0597. The number of halogens is 1. The van der Waals surface area contributed by atoms with Crippen LogP contribution >= 0.6 is 11.6 Å². The molecule has 0 saturated carbocycles. The van der Waals surface area contributed by atoms with Crippen LogP contribution in [-0.4, -0.2) is 85.9 Å². The highest BCUT2D eigenvalue weighted by atomic mass is 35.5. The number of nitrogens with one attached hydrogen (secondary N) is 4. The molecule has 2 aromatic rings. The Morgan fingerprint density at radius 3 is 2.30 bits per heavy atom. The molecule has 6 atom stereocenters. The van der Waals surface area contributed by atoms with Crippen molar-refractivity contribution in [3.05, 3.63) is 76.3 Å². The maximum atomic E-state index is 13.8. The van der Waals surface area contributed by atoms with Crippen LogP contribution in [0.2, 0.25) is 5.02 Å². The Labute approximate surface area is 357 Å². The molecular formula is C44H59ClN4O11. The number of hydrogen-bond acceptors (Lipinski definition) is 11. The summed E-state index contributed by atoms with van der Waals surface area (Å²) < 4.78 is 28.4. The Balaban J connectivity index is 1.48. The van der Waals surface area contributed by atoms with E-state index in [2.05, 4.69) is 21.3 Å². The molecule has 328 valence electrons. The summed E-state index contributed by atoms with van der Waals surface area (Å²) in [6.45, 7) is 13.9. The first-order valence-electron chi connectivity index (χ1n) is 20.1. The molecule has 16 heteroatoms. The fourth-order valence-corrected chi connectivity index (χ4v) is 6.66. The third-order valence-corrected chi connectivity index (χ3v) is 10.2. The van der Waals surface area contributed by atoms with E-state index < -0.39 is 59.1 Å². The van der Waals surface area contributed by atoms with Gasteiger partial charge in [0.15, 0.2) is 6.10 Å². The van der Waals surface area contributed by atoms with Crippen molar-refractivity contribution in [2.24, 2.45) is 17.3 Å². The molecule has 0 spiro atoms. The standard InChI is InChI=1S/C44H59ClN4O11/c1-25(2)19-34-40(53)57-32(26(3)37-38(59-37)29-16-13-27(14-17-29)22-46-36(51)23-47-42(55)60-43(4,5)6)11-10-12-35(50)49-31(21-28-15-18-33(56-9)30(45)20-28)39(52)48-24-44(7,8)41(54)58-34/h10,12-18,20,25-26,31-32,34,37-38H,11,19,21-24H2,1-9H3,(H,46,51)(H,47,55)(H,48,52)(H,49,50)/b12-10+/t26-,31+,32-,34-,37?,38?/m0/s1. The van der Waals surface area contributed by atoms with Crippen LogP contribution in [0.5, 0.6) is 5.75 Å². The average Bonchev–Trinajstić information content (AvgIpc) is 3.97. The zero-order valence-corrected chi connectivity index (χ0v) is 36.6. The van der Waals surface area contributed by atoms with Gasteiger partial charge in [-0.15, -0.1) is 0 Å². The summed E-state index contributed by atoms with van der Waals surface area (Å²) in [5.41, 5.74) is 0.440. The lowest BCUT2D eigenvalue weighted by Gasteiger charge is -2.29. The van der Waals surface area contributed by atoms with E-state index in [1.165, 1.54) is 13.2 Å². The van der Waals surface area contributed by atoms with Crippen molar-refractivity contribution in [2.45, 2.75) is 117 Å². The lowest BCUT2D eigenvalue weighted by molar-refractivity contribution is -0.179. The Morgan fingerprint density at radius 2 is 1.67 bits per heavy atom. The van der Waals surface area contributed by atoms with Gasteiger partial charge in [-0.05, 0) is 81.9 Å². The van der Waals surface area contributed by atoms with Crippen molar-refractivity contribution in [1.29, 1.82) is 0 Å². The molecule has 2 unspecified atom stereocenters. The molecule has 0 aliphatic carbocycles. The van der Waals surface area contributed by atoms with Gasteiger partial charge in [0.2, 0.25) is 17.7 Å². The molecule has 4 rings (SSSR count). The number of rotatable bonds is 12. The van der Waals surface area contributed by atoms with Gasteiger partial charge in [0, 0.05) is 31.8 Å². The van der Waals surface area contributed by atoms with Crippen LogP contribution in [0.15, 0.2) is 54.6 Å². The highest BCUT2D eigenvalue weighted by Gasteiger charge is 2.48. The predicted octanol–water partition coefficient (Wildman–Crippen LogP) is 5.27. The van der Waals surface area contributed by atoms with Crippen molar-refractivity contribution in [3.8, 4) is 5.75 Å². The van der Waals surface area contributed by atoms with Crippen molar-refractivity contribution in [1.82, 2.24) is 21.3 Å². The Hall–Kier alpha value is -5.15. The number of alkyl carbamates (subject to hydrolysis) is 1. The molecule has 2 aliphatic heterocycles. The molecule has 2 aliphatic rings. The Morgan fingerprint density at radius 1 is 0.983 bits per heavy atom. The van der Waals surface area contributed by atoms with Crippen LogP contribution < -0.4 is 26.0 Å². The zero-order valence-electron chi connectivity index (χ0n) is 35.8. The SMILES string of the molecule is COc1ccc(C[C@H]2NC(=O)/C=C/C[C@@H]([C@H](C)C3OC3c3ccc(CNC(=O)CNC(=O)OC(C)(C)C)cc3)OC(=O)[C@H](CC(C)C)OC(=O)C(C)(C)CNC2=O)cc1Cl. The summed E-state index contributed by atoms with van der Waals surface area (Å²) in [4.78, 5) is 78.4. The van der Waals surface area contributed by atoms with E-state index in [1.807, 2.05) is 45.0 Å². The minimum Gasteiger partial charge on any atom is -0.495 e. The maximum Gasteiger partial charge on any atom is 0.408 e. The zero-order chi connectivity index (χ0) is 44.4. The highest BCUT2D eigenvalue weighted by molar-refractivity contribution is 6.32. The third-order valence-electron chi connectivity index (χ3n) is 9.87. The fourth-order valence-electron chi connectivity index (χ4n) is 6.38. The number of ether oxygens (including phenoxy) is 5. The van der Waals surface area contributed by atoms with Crippen LogP contribution in [0.1, 0.15) is 91.0 Å². The van der Waals surface area contributed by atoms with Gasteiger partial charge in [-0.25, -0.2) is 9.59 Å². The predicted molar refractivity (Wildman–Crippen MR) is 223 cm³/mol. The first-order chi connectivity index (χ1) is 28.1. The van der Waals surface area contributed by atoms with Gasteiger partial charge < -0.3 is 45.0 Å². The number of cyclic esters (lactones) is 2. The molecule has 0 radical (unpaired) electrons. The van der Waals surface area contributed by atoms with Gasteiger partial charge in [0.1, 0.15) is 36.1 Å². The van der Waals surface area contributed by atoms with Crippen LogP contribution in [0.3, 0.4) is 0 Å². The minimum absolute atomic E-state index is 0.0308. The van der Waals surface area contributed by atoms with Gasteiger partial charge in [0.05, 0.1) is 23.7 Å². The lowest BCUT2D eigenvalue weighted by Crippen LogP contribution is -2.51. The van der Waals surface area contributed by atoms with Crippen molar-refractivity contribution >= 4 is 47.4 Å². The quantitative estimate of drug-likeness (QED) is 0.123. The Bertz CT molecular complexity index is 1890. The second kappa shape index (κ2) is 20.9. The number of esters is 2. The van der Waals surface area contributed by atoms with Gasteiger partial charge in [-0.2, -0.15) is 0 Å². The molecule has 0 aromatic heterocycles. The van der Waals surface area contributed by atoms with Crippen LogP contribution in [0.25, 0.3) is 0 Å². The molecule has 1 fully saturated rings. The second-order valence-electron chi connectivity index (χ2n) is 17.2. The largest absolute Gasteiger partial charge is 0.495 e. The van der Waals surface area contributed by atoms with Crippen LogP contribution in [-0.2, 0) is 55.9 Å². The van der Waals surface area contributed by atoms with E-state index in [-0.39, 0.29) is 68.8 Å². The van der Waals surface area contributed by atoms with Gasteiger partial charge in [-0.3, -0.25) is 19.2 Å². The number of carbonyl (C=O) groups is 6. The fraction of sp³-hybridized carbons (Fsp3) is 0.545. The number of hydrogen-bond donors (Lipinski definition) is 4. The molecule has 4 N–H and O–H groups in total. The first kappa shape index (κ1) is 47.5. The number of carbonyl (C=O) groups excluding carboxylic acids is 6. The monoisotopic (exact) mass is 854 g/mol. The molecule has 1 saturated heterocycles. The highest BCUT2D eigenvalue weighted by Crippen LogP contribution is 2.45. The van der Waals surface area contributed by atoms with E-state index in [4.69, 9.17) is 35.3 Å². The van der Waals surface area contributed by atoms with E-state index in [0.717, 1.165) is 11.1 Å². The molecule has 60 heavy (non-hydrogen) atoms. The number of epoxide rings is 1. The first-order valence-corrected chi connectivity index (χ1v) is 20.5. The summed E-state index contributed by atoms with van der Waals surface area (Å²) in [6, 6.07) is 11.5. The number of amides is 4. The average molecular weight is 855 g/mol. The van der Waals surface area contributed by atoms with E-state index in [9.17, 15) is 28.8 Å².